The van der Waals surface area contributed by atoms with Gasteiger partial charge in [0.1, 0.15) is 17.0 Å². The number of rotatable bonds is 10. The van der Waals surface area contributed by atoms with Crippen molar-refractivity contribution in [3.05, 3.63) is 113 Å². The molecule has 36 heavy (non-hydrogen) atoms. The van der Waals surface area contributed by atoms with Crippen LogP contribution in [0.3, 0.4) is 0 Å². The van der Waals surface area contributed by atoms with E-state index in [1.165, 1.54) is 0 Å². The van der Waals surface area contributed by atoms with E-state index in [9.17, 15) is 0 Å². The van der Waals surface area contributed by atoms with Gasteiger partial charge in [0.05, 0.1) is 10.4 Å². The molecule has 5 nitrogen and oxygen atoms in total. The number of aromatic nitrogens is 3. The highest BCUT2D eigenvalue weighted by molar-refractivity contribution is 7.16. The quantitative estimate of drug-likeness (QED) is 0.291. The number of thiophene rings is 1. The molecule has 0 aromatic carbocycles. The fourth-order valence-corrected chi connectivity index (χ4v) is 4.66. The second kappa shape index (κ2) is 11.7. The lowest BCUT2D eigenvalue weighted by molar-refractivity contribution is 0.530. The Hall–Kier alpha value is -3.90. The number of H-pyrrole nitrogens is 1. The molecule has 3 heterocycles. The van der Waals surface area contributed by atoms with E-state index in [2.05, 4.69) is 47.9 Å². The van der Waals surface area contributed by atoms with E-state index in [1.54, 1.807) is 11.3 Å². The van der Waals surface area contributed by atoms with E-state index in [0.29, 0.717) is 12.1 Å². The van der Waals surface area contributed by atoms with E-state index in [4.69, 9.17) is 10.7 Å². The van der Waals surface area contributed by atoms with Crippen molar-refractivity contribution < 1.29 is 0 Å². The van der Waals surface area contributed by atoms with Gasteiger partial charge in [0.15, 0.2) is 0 Å². The molecule has 0 atom stereocenters. The standard InChI is InChI=1S/C30H35N5S/c1-9-21(17-23(10-2)35(7)8)20(6)16-22(24(31)11-3)18-28-33-25-14-15-32-30(29(25)34-28)27-13-12-26(36-27)19(4)5/h9-17H,2,4,6,18,31H2,1,3,5,7-8H3,(H,33,34)/b21-9+,22-16-,23-17+,24-11+. The molecule has 186 valence electrons. The Bertz CT molecular complexity index is 1420. The highest BCUT2D eigenvalue weighted by Crippen LogP contribution is 2.33. The Kier molecular flexibility index (Phi) is 8.67. The molecular formula is C30H35N5S. The molecule has 0 saturated heterocycles. The van der Waals surface area contributed by atoms with Crippen LogP contribution in [0.4, 0.5) is 0 Å². The predicted octanol–water partition coefficient (Wildman–Crippen LogP) is 7.18. The maximum Gasteiger partial charge on any atom is 0.116 e. The third kappa shape index (κ3) is 6.01. The molecular weight excluding hydrogens is 462 g/mol. The summed E-state index contributed by atoms with van der Waals surface area (Å²) in [5, 5.41) is 0. The summed E-state index contributed by atoms with van der Waals surface area (Å²) >= 11 is 1.67. The zero-order valence-electron chi connectivity index (χ0n) is 21.9. The van der Waals surface area contributed by atoms with E-state index in [-0.39, 0.29) is 0 Å². The summed E-state index contributed by atoms with van der Waals surface area (Å²) < 4.78 is 0. The van der Waals surface area contributed by atoms with Crippen molar-refractivity contribution in [2.24, 2.45) is 5.73 Å². The molecule has 3 rings (SSSR count). The van der Waals surface area contributed by atoms with Crippen LogP contribution < -0.4 is 5.73 Å². The van der Waals surface area contributed by atoms with Gasteiger partial charge in [-0.3, -0.25) is 4.98 Å². The first-order valence-corrected chi connectivity index (χ1v) is 12.6. The fourth-order valence-electron chi connectivity index (χ4n) is 3.73. The fraction of sp³-hybridized carbons (Fsp3) is 0.200. The van der Waals surface area contributed by atoms with Crippen LogP contribution >= 0.6 is 11.3 Å². The van der Waals surface area contributed by atoms with Gasteiger partial charge >= 0.3 is 0 Å². The Morgan fingerprint density at radius 2 is 1.89 bits per heavy atom. The molecule has 0 bridgehead atoms. The van der Waals surface area contributed by atoms with Gasteiger partial charge in [0.25, 0.3) is 0 Å². The Morgan fingerprint density at radius 3 is 2.47 bits per heavy atom. The number of nitrogens with two attached hydrogens (primary N) is 1. The molecule has 0 amide bonds. The van der Waals surface area contributed by atoms with Crippen LogP contribution in [0, 0.1) is 0 Å². The van der Waals surface area contributed by atoms with Crippen LogP contribution in [0.1, 0.15) is 31.5 Å². The first-order chi connectivity index (χ1) is 17.2. The average Bonchev–Trinajstić information content (AvgIpc) is 3.50. The lowest BCUT2D eigenvalue weighted by Crippen LogP contribution is -2.09. The number of hydrogen-bond acceptors (Lipinski definition) is 5. The second-order valence-electron chi connectivity index (χ2n) is 8.71. The van der Waals surface area contributed by atoms with Crippen molar-refractivity contribution >= 4 is 27.9 Å². The Morgan fingerprint density at radius 1 is 1.14 bits per heavy atom. The van der Waals surface area contributed by atoms with Gasteiger partial charge in [0.2, 0.25) is 0 Å². The average molecular weight is 498 g/mol. The highest BCUT2D eigenvalue weighted by atomic mass is 32.1. The minimum absolute atomic E-state index is 0.535. The number of aromatic amines is 1. The van der Waals surface area contributed by atoms with Crippen LogP contribution in [-0.2, 0) is 6.42 Å². The summed E-state index contributed by atoms with van der Waals surface area (Å²) in [4.78, 5) is 17.2. The van der Waals surface area contributed by atoms with Gasteiger partial charge in [-0.15, -0.1) is 11.3 Å². The maximum atomic E-state index is 6.41. The SMILES string of the molecule is C=C/C(=C\C(=C/C)C(=C)/C=C(Cc1nc2c(-c3ccc(C(=C)C)s3)nccc2[nH]1)\C(N)=C/C)N(C)C. The molecule has 0 radical (unpaired) electrons. The third-order valence-electron chi connectivity index (χ3n) is 5.81. The van der Waals surface area contributed by atoms with Gasteiger partial charge < -0.3 is 15.6 Å². The molecule has 3 N–H and O–H groups in total. The molecule has 0 aliphatic carbocycles. The van der Waals surface area contributed by atoms with Crippen molar-refractivity contribution in [1.82, 2.24) is 19.9 Å². The molecule has 0 fully saturated rings. The van der Waals surface area contributed by atoms with Crippen LogP contribution in [0.5, 0.6) is 0 Å². The first-order valence-electron chi connectivity index (χ1n) is 11.8. The van der Waals surface area contributed by atoms with Crippen LogP contribution in [0.25, 0.3) is 27.2 Å². The number of fused-ring (bicyclic) bond motifs is 1. The first kappa shape index (κ1) is 26.7. The molecule has 0 saturated carbocycles. The van der Waals surface area contributed by atoms with E-state index in [0.717, 1.165) is 60.3 Å². The molecule has 0 aliphatic rings. The Labute approximate surface area is 218 Å². The molecule has 3 aromatic rings. The normalized spacial score (nSPS) is 13.2. The monoisotopic (exact) mass is 497 g/mol. The summed E-state index contributed by atoms with van der Waals surface area (Å²) in [6, 6.07) is 6.11. The van der Waals surface area contributed by atoms with Crippen molar-refractivity contribution in [3.8, 4) is 10.6 Å². The van der Waals surface area contributed by atoms with Crippen LogP contribution in [0.2, 0.25) is 0 Å². The van der Waals surface area contributed by atoms with Gasteiger partial charge in [-0.2, -0.15) is 0 Å². The third-order valence-corrected chi connectivity index (χ3v) is 7.06. The zero-order chi connectivity index (χ0) is 26.4. The Balaban J connectivity index is 1.98. The summed E-state index contributed by atoms with van der Waals surface area (Å²) in [5.41, 5.74) is 14.6. The molecule has 6 heteroatoms. The lowest BCUT2D eigenvalue weighted by atomic mass is 9.99. The number of likely N-dealkylation sites (N-methyl/N-ethyl adjacent to an activating group) is 1. The van der Waals surface area contributed by atoms with Crippen molar-refractivity contribution in [3.63, 3.8) is 0 Å². The lowest BCUT2D eigenvalue weighted by Gasteiger charge is -2.15. The van der Waals surface area contributed by atoms with Crippen LogP contribution in [-0.4, -0.2) is 33.9 Å². The second-order valence-corrected chi connectivity index (χ2v) is 9.79. The number of imidazole rings is 1. The van der Waals surface area contributed by atoms with Gasteiger partial charge in [-0.05, 0) is 79.5 Å². The number of nitrogens with zero attached hydrogens (tertiary/aromatic N) is 3. The van der Waals surface area contributed by atoms with E-state index in [1.807, 2.05) is 76.3 Å². The minimum atomic E-state index is 0.535. The van der Waals surface area contributed by atoms with E-state index < -0.39 is 0 Å². The molecule has 3 aromatic heterocycles. The number of nitrogens with one attached hydrogen (secondary N) is 1. The zero-order valence-corrected chi connectivity index (χ0v) is 22.7. The van der Waals surface area contributed by atoms with E-state index >= 15 is 0 Å². The summed E-state index contributed by atoms with van der Waals surface area (Å²) in [6.45, 7) is 18.2. The highest BCUT2D eigenvalue weighted by Gasteiger charge is 2.15. The summed E-state index contributed by atoms with van der Waals surface area (Å²) in [5.74, 6) is 0.817. The topological polar surface area (TPSA) is 70.8 Å². The maximum absolute atomic E-state index is 6.41. The number of hydrogen-bond donors (Lipinski definition) is 2. The van der Waals surface area contributed by atoms with Gasteiger partial charge in [-0.25, -0.2) is 4.98 Å². The predicted molar refractivity (Wildman–Crippen MR) is 157 cm³/mol. The minimum Gasteiger partial charge on any atom is -0.399 e. The smallest absolute Gasteiger partial charge is 0.116 e. The van der Waals surface area contributed by atoms with Crippen molar-refractivity contribution in [2.75, 3.05) is 14.1 Å². The van der Waals surface area contributed by atoms with Crippen molar-refractivity contribution in [1.29, 1.82) is 0 Å². The van der Waals surface area contributed by atoms with Crippen LogP contribution in [0.15, 0.2) is 103 Å². The van der Waals surface area contributed by atoms with Crippen molar-refractivity contribution in [2.45, 2.75) is 27.2 Å². The van der Waals surface area contributed by atoms with Gasteiger partial charge in [0, 0.05) is 43.0 Å². The van der Waals surface area contributed by atoms with Gasteiger partial charge in [-0.1, -0.05) is 31.9 Å². The number of allylic oxidation sites excluding steroid dienone is 9. The largest absolute Gasteiger partial charge is 0.399 e. The summed E-state index contributed by atoms with van der Waals surface area (Å²) in [6.07, 6.45) is 12.2. The molecule has 0 spiro atoms. The number of pyridine rings is 1. The summed E-state index contributed by atoms with van der Waals surface area (Å²) in [7, 11) is 3.98. The molecule has 0 aliphatic heterocycles. The molecule has 0 unspecified atom stereocenters.